The van der Waals surface area contributed by atoms with Gasteiger partial charge in [0.15, 0.2) is 6.29 Å². The van der Waals surface area contributed by atoms with Gasteiger partial charge in [0.1, 0.15) is 5.83 Å². The summed E-state index contributed by atoms with van der Waals surface area (Å²) in [6.45, 7) is 6.17. The Bertz CT molecular complexity index is 1410. The summed E-state index contributed by atoms with van der Waals surface area (Å²) in [4.78, 5) is 20.1. The van der Waals surface area contributed by atoms with Crippen molar-refractivity contribution in [2.75, 3.05) is 13.6 Å². The molecule has 7 heteroatoms. The van der Waals surface area contributed by atoms with Crippen molar-refractivity contribution < 1.29 is 19.4 Å². The highest BCUT2D eigenvalue weighted by Gasteiger charge is 2.33. The Labute approximate surface area is 248 Å². The van der Waals surface area contributed by atoms with Crippen molar-refractivity contribution in [1.82, 2.24) is 10.2 Å². The van der Waals surface area contributed by atoms with Crippen LogP contribution in [0.25, 0.3) is 0 Å². The van der Waals surface area contributed by atoms with Crippen LogP contribution in [0.15, 0.2) is 125 Å². The van der Waals surface area contributed by atoms with Crippen LogP contribution < -0.4 is 5.32 Å². The number of aliphatic hydroxyl groups is 2. The second-order valence-corrected chi connectivity index (χ2v) is 10.9. The molecule has 42 heavy (non-hydrogen) atoms. The van der Waals surface area contributed by atoms with E-state index in [0.29, 0.717) is 31.4 Å². The minimum atomic E-state index is -1.40. The van der Waals surface area contributed by atoms with E-state index in [1.54, 1.807) is 24.1 Å². The number of amides is 1. The highest BCUT2D eigenvalue weighted by molar-refractivity contribution is 5.97. The van der Waals surface area contributed by atoms with Gasteiger partial charge in [-0.1, -0.05) is 85.0 Å². The number of likely N-dealkylation sites (N-methyl/N-ethyl adjacent to an activating group) is 1. The first-order chi connectivity index (χ1) is 20.2. The number of allylic oxidation sites excluding steroid dienone is 8. The van der Waals surface area contributed by atoms with Gasteiger partial charge in [0.25, 0.3) is 5.91 Å². The maximum atomic E-state index is 14.0. The number of aliphatic imine (C=N–C) groups is 1. The van der Waals surface area contributed by atoms with Crippen LogP contribution in [-0.2, 0) is 17.6 Å². The Kier molecular flexibility index (Phi) is 11.0. The molecule has 1 amide bonds. The van der Waals surface area contributed by atoms with Gasteiger partial charge in [-0.25, -0.2) is 4.39 Å². The summed E-state index contributed by atoms with van der Waals surface area (Å²) in [5, 5.41) is 22.5. The van der Waals surface area contributed by atoms with Crippen molar-refractivity contribution in [3.05, 3.63) is 131 Å². The summed E-state index contributed by atoms with van der Waals surface area (Å²) in [5.41, 5.74) is 5.36. The molecule has 3 N–H and O–H groups in total. The number of benzene rings is 1. The molecule has 1 heterocycles. The second-order valence-electron chi connectivity index (χ2n) is 10.9. The SMILES string of the molecule is C=C/C=C\C=C(/C)CN(C)C(=O)C1=CCC2NC(C3C=CC=C(F)C=C3)C(CCc3cccc(CC(O)O)c3)=NC2=C1. The highest BCUT2D eigenvalue weighted by atomic mass is 19.1. The summed E-state index contributed by atoms with van der Waals surface area (Å²) in [7, 11) is 1.80. The normalized spacial score (nSPS) is 22.2. The Morgan fingerprint density at radius 3 is 2.83 bits per heavy atom. The van der Waals surface area contributed by atoms with Gasteiger partial charge < -0.3 is 15.1 Å². The van der Waals surface area contributed by atoms with Gasteiger partial charge in [0.2, 0.25) is 0 Å². The zero-order valence-electron chi connectivity index (χ0n) is 24.3. The maximum Gasteiger partial charge on any atom is 0.253 e. The third-order valence-electron chi connectivity index (χ3n) is 7.49. The summed E-state index contributed by atoms with van der Waals surface area (Å²) in [6.07, 6.45) is 20.6. The third kappa shape index (κ3) is 8.55. The first-order valence-electron chi connectivity index (χ1n) is 14.3. The minimum Gasteiger partial charge on any atom is -0.368 e. The summed E-state index contributed by atoms with van der Waals surface area (Å²) >= 11 is 0. The van der Waals surface area contributed by atoms with Crippen molar-refractivity contribution in [1.29, 1.82) is 0 Å². The van der Waals surface area contributed by atoms with Crippen molar-refractivity contribution in [3.8, 4) is 0 Å². The lowest BCUT2D eigenvalue weighted by atomic mass is 9.86. The second kappa shape index (κ2) is 14.8. The van der Waals surface area contributed by atoms with Crippen LogP contribution in [0.2, 0.25) is 0 Å². The van der Waals surface area contributed by atoms with Crippen molar-refractivity contribution >= 4 is 11.6 Å². The van der Waals surface area contributed by atoms with E-state index in [4.69, 9.17) is 4.99 Å². The average Bonchev–Trinajstić information content (AvgIpc) is 3.19. The van der Waals surface area contributed by atoms with Crippen molar-refractivity contribution in [2.45, 2.75) is 51.0 Å². The molecule has 2 aliphatic carbocycles. The van der Waals surface area contributed by atoms with Crippen LogP contribution >= 0.6 is 0 Å². The number of rotatable bonds is 11. The van der Waals surface area contributed by atoms with E-state index in [2.05, 4.69) is 11.9 Å². The van der Waals surface area contributed by atoms with Crippen molar-refractivity contribution in [3.63, 3.8) is 0 Å². The monoisotopic (exact) mass is 569 g/mol. The fraction of sp³-hybridized carbons (Fsp3) is 0.314. The quantitative estimate of drug-likeness (QED) is 0.252. The van der Waals surface area contributed by atoms with Crippen LogP contribution in [0.3, 0.4) is 0 Å². The number of hydrogen-bond acceptors (Lipinski definition) is 5. The van der Waals surface area contributed by atoms with Gasteiger partial charge in [0.05, 0.1) is 17.8 Å². The van der Waals surface area contributed by atoms with Gasteiger partial charge >= 0.3 is 0 Å². The van der Waals surface area contributed by atoms with Crippen LogP contribution in [0.4, 0.5) is 4.39 Å². The molecule has 0 saturated heterocycles. The lowest BCUT2D eigenvalue weighted by Crippen LogP contribution is -2.51. The van der Waals surface area contributed by atoms with Gasteiger partial charge in [-0.15, -0.1) is 0 Å². The van der Waals surface area contributed by atoms with Crippen LogP contribution in [0.1, 0.15) is 30.9 Å². The zero-order valence-corrected chi connectivity index (χ0v) is 24.3. The molecule has 0 fully saturated rings. The number of aryl methyl sites for hydroxylation is 1. The van der Waals surface area contributed by atoms with E-state index in [9.17, 15) is 19.4 Å². The lowest BCUT2D eigenvalue weighted by molar-refractivity contribution is -0.125. The number of nitrogens with zero attached hydrogens (tertiary/aromatic N) is 2. The number of halogens is 1. The molecule has 0 saturated carbocycles. The lowest BCUT2D eigenvalue weighted by Gasteiger charge is -2.36. The van der Waals surface area contributed by atoms with Crippen molar-refractivity contribution in [2.24, 2.45) is 10.9 Å². The number of aliphatic hydroxyl groups excluding tert-OH is 1. The van der Waals surface area contributed by atoms with Gasteiger partial charge in [-0.3, -0.25) is 15.1 Å². The zero-order chi connectivity index (χ0) is 30.1. The molecule has 3 atom stereocenters. The van der Waals surface area contributed by atoms with E-state index in [0.717, 1.165) is 28.1 Å². The van der Waals surface area contributed by atoms with E-state index in [-0.39, 0.29) is 36.2 Å². The number of carbonyl (C=O) groups excluding carboxylic acids is 1. The molecule has 6 nitrogen and oxygen atoms in total. The fourth-order valence-electron chi connectivity index (χ4n) is 5.42. The predicted octanol–water partition coefficient (Wildman–Crippen LogP) is 5.21. The van der Waals surface area contributed by atoms with E-state index in [1.807, 2.05) is 73.7 Å². The Balaban J connectivity index is 1.56. The minimum absolute atomic E-state index is 0.0523. The van der Waals surface area contributed by atoms with Gasteiger partial charge in [0, 0.05) is 37.2 Å². The Hall–Kier alpha value is -3.91. The molecule has 1 aromatic rings. The Morgan fingerprint density at radius 1 is 1.24 bits per heavy atom. The number of fused-ring (bicyclic) bond motifs is 1. The standard InChI is InChI=1S/C35H40FN3O3/c1-4-5-6-9-24(2)23-39(3)35(42)28-16-19-30-32(22-28)37-31(34(38-30)27-12-8-13-29(36)17-15-27)18-14-25-10-7-11-26(20-25)21-33(40)41/h4-13,15-17,20,22,27,30,33-34,38,40-41H,1,14,18-19,21,23H2,2-3H3/b6-5-,24-9+. The van der Waals surface area contributed by atoms with Crippen LogP contribution in [0.5, 0.6) is 0 Å². The smallest absolute Gasteiger partial charge is 0.253 e. The molecule has 0 aromatic heterocycles. The average molecular weight is 570 g/mol. The molecule has 0 spiro atoms. The van der Waals surface area contributed by atoms with Crippen LogP contribution in [-0.4, -0.2) is 58.7 Å². The first-order valence-corrected chi connectivity index (χ1v) is 14.3. The maximum absolute atomic E-state index is 14.0. The largest absolute Gasteiger partial charge is 0.368 e. The molecular formula is C35H40FN3O3. The number of carbonyl (C=O) groups is 1. The molecule has 220 valence electrons. The topological polar surface area (TPSA) is 85.2 Å². The summed E-state index contributed by atoms with van der Waals surface area (Å²) in [6, 6.07) is 7.61. The number of nitrogens with one attached hydrogen (secondary N) is 1. The highest BCUT2D eigenvalue weighted by Crippen LogP contribution is 2.29. The molecule has 0 radical (unpaired) electrons. The van der Waals surface area contributed by atoms with Crippen LogP contribution in [0, 0.1) is 5.92 Å². The molecular weight excluding hydrogens is 529 g/mol. The first kappa shape index (κ1) is 31.0. The number of hydrogen-bond donors (Lipinski definition) is 3. The Morgan fingerprint density at radius 2 is 2.05 bits per heavy atom. The molecule has 1 aliphatic heterocycles. The van der Waals surface area contributed by atoms with E-state index < -0.39 is 6.29 Å². The van der Waals surface area contributed by atoms with Gasteiger partial charge in [-0.05, 0) is 55.5 Å². The van der Waals surface area contributed by atoms with Gasteiger partial charge in [-0.2, -0.15) is 0 Å². The molecule has 3 unspecified atom stereocenters. The molecule has 0 bridgehead atoms. The fourth-order valence-corrected chi connectivity index (χ4v) is 5.42. The summed E-state index contributed by atoms with van der Waals surface area (Å²) in [5.74, 6) is -0.436. The predicted molar refractivity (Wildman–Crippen MR) is 167 cm³/mol. The molecule has 3 aliphatic rings. The molecule has 1 aromatic carbocycles. The summed E-state index contributed by atoms with van der Waals surface area (Å²) < 4.78 is 14.0. The third-order valence-corrected chi connectivity index (χ3v) is 7.49. The molecule has 4 rings (SSSR count). The van der Waals surface area contributed by atoms with E-state index >= 15 is 0 Å². The van der Waals surface area contributed by atoms with E-state index in [1.165, 1.54) is 12.2 Å².